The zero-order valence-electron chi connectivity index (χ0n) is 13.2. The number of aliphatic hydroxyl groups excluding tert-OH is 1. The van der Waals surface area contributed by atoms with Gasteiger partial charge in [-0.25, -0.2) is 0 Å². The van der Waals surface area contributed by atoms with Crippen LogP contribution < -0.4 is 10.1 Å². The Kier molecular flexibility index (Phi) is 6.49. The number of benzene rings is 1. The van der Waals surface area contributed by atoms with Crippen LogP contribution in [0.2, 0.25) is 0 Å². The quantitative estimate of drug-likeness (QED) is 0.805. The maximum absolute atomic E-state index is 9.42. The van der Waals surface area contributed by atoms with Gasteiger partial charge in [-0.15, -0.1) is 0 Å². The van der Waals surface area contributed by atoms with Crippen LogP contribution in [0.4, 0.5) is 0 Å². The van der Waals surface area contributed by atoms with Crippen LogP contribution in [-0.4, -0.2) is 49.4 Å². The van der Waals surface area contributed by atoms with E-state index in [0.717, 1.165) is 44.4 Å². The highest BCUT2D eigenvalue weighted by Crippen LogP contribution is 2.17. The number of likely N-dealkylation sites (tertiary alicyclic amines) is 1. The third kappa shape index (κ3) is 5.65. The molecule has 1 aliphatic heterocycles. The number of hydrogen-bond donors (Lipinski definition) is 2. The third-order valence-corrected chi connectivity index (χ3v) is 4.13. The second-order valence-electron chi connectivity index (χ2n) is 6.08. The lowest BCUT2D eigenvalue weighted by molar-refractivity contribution is 0.0998. The number of piperidine rings is 1. The minimum atomic E-state index is -0.215. The van der Waals surface area contributed by atoms with Crippen LogP contribution in [0.3, 0.4) is 0 Å². The highest BCUT2D eigenvalue weighted by atomic mass is 16.5. The average molecular weight is 292 g/mol. The molecule has 0 saturated carbocycles. The molecular formula is C17H28N2O2. The molecule has 0 aliphatic carbocycles. The van der Waals surface area contributed by atoms with E-state index in [1.807, 2.05) is 19.1 Å². The van der Waals surface area contributed by atoms with Gasteiger partial charge in [0.15, 0.2) is 0 Å². The fourth-order valence-electron chi connectivity index (χ4n) is 2.95. The molecule has 1 aromatic rings. The molecule has 0 radical (unpaired) electrons. The fraction of sp³-hybridized carbons (Fsp3) is 0.647. The Morgan fingerprint density at radius 3 is 2.81 bits per heavy atom. The summed E-state index contributed by atoms with van der Waals surface area (Å²) in [5, 5.41) is 13.0. The summed E-state index contributed by atoms with van der Waals surface area (Å²) in [6, 6.07) is 8.21. The van der Waals surface area contributed by atoms with Crippen molar-refractivity contribution in [2.75, 3.05) is 33.3 Å². The molecule has 0 aromatic heterocycles. The normalized spacial score (nSPS) is 18.6. The first kappa shape index (κ1) is 16.3. The van der Waals surface area contributed by atoms with E-state index in [0.29, 0.717) is 0 Å². The van der Waals surface area contributed by atoms with Crippen molar-refractivity contribution in [2.24, 2.45) is 5.92 Å². The topological polar surface area (TPSA) is 44.7 Å². The average Bonchev–Trinajstić information content (AvgIpc) is 2.49. The Bertz CT molecular complexity index is 415. The van der Waals surface area contributed by atoms with Crippen LogP contribution in [0, 0.1) is 5.92 Å². The molecule has 1 aliphatic rings. The Balaban J connectivity index is 1.65. The third-order valence-electron chi connectivity index (χ3n) is 4.13. The Labute approximate surface area is 128 Å². The molecule has 0 amide bonds. The van der Waals surface area contributed by atoms with Gasteiger partial charge in [-0.1, -0.05) is 12.1 Å². The summed E-state index contributed by atoms with van der Waals surface area (Å²) in [7, 11) is 1.70. The van der Waals surface area contributed by atoms with Crippen molar-refractivity contribution in [3.63, 3.8) is 0 Å². The van der Waals surface area contributed by atoms with Gasteiger partial charge in [0.25, 0.3) is 0 Å². The van der Waals surface area contributed by atoms with Gasteiger partial charge in [0, 0.05) is 13.1 Å². The molecule has 2 rings (SSSR count). The molecule has 1 unspecified atom stereocenters. The summed E-state index contributed by atoms with van der Waals surface area (Å²) in [5.74, 6) is 1.67. The Morgan fingerprint density at radius 1 is 1.38 bits per heavy atom. The number of rotatable bonds is 7. The van der Waals surface area contributed by atoms with Crippen LogP contribution in [0.15, 0.2) is 24.3 Å². The molecule has 118 valence electrons. The van der Waals surface area contributed by atoms with Crippen LogP contribution >= 0.6 is 0 Å². The van der Waals surface area contributed by atoms with E-state index in [-0.39, 0.29) is 6.10 Å². The first-order valence-corrected chi connectivity index (χ1v) is 7.91. The minimum Gasteiger partial charge on any atom is -0.497 e. The van der Waals surface area contributed by atoms with Crippen molar-refractivity contribution in [3.8, 4) is 5.75 Å². The fourth-order valence-corrected chi connectivity index (χ4v) is 2.95. The predicted octanol–water partition coefficient (Wildman–Crippen LogP) is 1.88. The van der Waals surface area contributed by atoms with Crippen molar-refractivity contribution in [1.29, 1.82) is 0 Å². The van der Waals surface area contributed by atoms with E-state index in [2.05, 4.69) is 22.3 Å². The van der Waals surface area contributed by atoms with E-state index < -0.39 is 0 Å². The molecule has 1 atom stereocenters. The van der Waals surface area contributed by atoms with E-state index in [4.69, 9.17) is 4.74 Å². The zero-order chi connectivity index (χ0) is 15.1. The number of hydrogen-bond acceptors (Lipinski definition) is 4. The lowest BCUT2D eigenvalue weighted by Crippen LogP contribution is -2.40. The van der Waals surface area contributed by atoms with Gasteiger partial charge in [0.1, 0.15) is 5.75 Å². The standard InChI is InChI=1S/C17H28N2O2/c1-14(20)13-19-8-6-15(7-9-19)11-18-12-16-4-3-5-17(10-16)21-2/h3-5,10,14-15,18,20H,6-9,11-13H2,1-2H3. The van der Waals surface area contributed by atoms with E-state index in [1.54, 1.807) is 7.11 Å². The number of nitrogens with one attached hydrogen (secondary N) is 1. The Morgan fingerprint density at radius 2 is 2.14 bits per heavy atom. The first-order valence-electron chi connectivity index (χ1n) is 7.91. The molecule has 2 N–H and O–H groups in total. The SMILES string of the molecule is COc1cccc(CNCC2CCN(CC(C)O)CC2)c1. The summed E-state index contributed by atoms with van der Waals surface area (Å²) in [5.41, 5.74) is 1.26. The number of β-amino-alcohol motifs (C(OH)–C–C–N with tert-alkyl or cyclic N) is 1. The number of methoxy groups -OCH3 is 1. The van der Waals surface area contributed by atoms with Crippen molar-refractivity contribution < 1.29 is 9.84 Å². The number of aliphatic hydroxyl groups is 1. The second-order valence-corrected chi connectivity index (χ2v) is 6.08. The van der Waals surface area contributed by atoms with Gasteiger partial charge in [-0.05, 0) is 63.0 Å². The second kappa shape index (κ2) is 8.37. The molecule has 4 heteroatoms. The van der Waals surface area contributed by atoms with Crippen molar-refractivity contribution in [1.82, 2.24) is 10.2 Å². The maximum Gasteiger partial charge on any atom is 0.119 e. The molecule has 1 fully saturated rings. The molecule has 0 spiro atoms. The van der Waals surface area contributed by atoms with Crippen LogP contribution in [0.5, 0.6) is 5.75 Å². The minimum absolute atomic E-state index is 0.215. The molecule has 1 heterocycles. The summed E-state index contributed by atoms with van der Waals surface area (Å²) in [6.45, 7) is 6.85. The highest BCUT2D eigenvalue weighted by molar-refractivity contribution is 5.28. The molecule has 21 heavy (non-hydrogen) atoms. The van der Waals surface area contributed by atoms with Crippen molar-refractivity contribution >= 4 is 0 Å². The first-order chi connectivity index (χ1) is 10.2. The van der Waals surface area contributed by atoms with Gasteiger partial charge in [-0.3, -0.25) is 0 Å². The molecule has 1 aromatic carbocycles. The molecule has 0 bridgehead atoms. The van der Waals surface area contributed by atoms with Gasteiger partial charge < -0.3 is 20.1 Å². The van der Waals surface area contributed by atoms with Crippen LogP contribution in [0.25, 0.3) is 0 Å². The molecular weight excluding hydrogens is 264 g/mol. The van der Waals surface area contributed by atoms with Crippen molar-refractivity contribution in [3.05, 3.63) is 29.8 Å². The molecule has 1 saturated heterocycles. The summed E-state index contributed by atoms with van der Waals surface area (Å²) < 4.78 is 5.24. The van der Waals surface area contributed by atoms with E-state index in [9.17, 15) is 5.11 Å². The Hall–Kier alpha value is -1.10. The monoisotopic (exact) mass is 292 g/mol. The van der Waals surface area contributed by atoms with Crippen LogP contribution in [-0.2, 0) is 6.54 Å². The maximum atomic E-state index is 9.42. The summed E-state index contributed by atoms with van der Waals surface area (Å²) in [4.78, 5) is 2.36. The van der Waals surface area contributed by atoms with Gasteiger partial charge >= 0.3 is 0 Å². The van der Waals surface area contributed by atoms with Gasteiger partial charge in [0.05, 0.1) is 13.2 Å². The lowest BCUT2D eigenvalue weighted by atomic mass is 9.96. The van der Waals surface area contributed by atoms with Gasteiger partial charge in [-0.2, -0.15) is 0 Å². The summed E-state index contributed by atoms with van der Waals surface area (Å²) >= 11 is 0. The number of ether oxygens (including phenoxy) is 1. The van der Waals surface area contributed by atoms with Crippen LogP contribution in [0.1, 0.15) is 25.3 Å². The highest BCUT2D eigenvalue weighted by Gasteiger charge is 2.19. The van der Waals surface area contributed by atoms with E-state index >= 15 is 0 Å². The number of nitrogens with zero attached hydrogens (tertiary/aromatic N) is 1. The summed E-state index contributed by atoms with van der Waals surface area (Å²) in [6.07, 6.45) is 2.23. The zero-order valence-corrected chi connectivity index (χ0v) is 13.2. The van der Waals surface area contributed by atoms with E-state index in [1.165, 1.54) is 18.4 Å². The lowest BCUT2D eigenvalue weighted by Gasteiger charge is -2.32. The molecule has 4 nitrogen and oxygen atoms in total. The van der Waals surface area contributed by atoms with Gasteiger partial charge in [0.2, 0.25) is 0 Å². The predicted molar refractivity (Wildman–Crippen MR) is 85.5 cm³/mol. The largest absolute Gasteiger partial charge is 0.497 e. The van der Waals surface area contributed by atoms with Crippen molar-refractivity contribution in [2.45, 2.75) is 32.4 Å². The smallest absolute Gasteiger partial charge is 0.119 e.